The van der Waals surface area contributed by atoms with Gasteiger partial charge in [0.1, 0.15) is 31.4 Å². The van der Waals surface area contributed by atoms with Crippen LogP contribution in [0.3, 0.4) is 0 Å². The van der Waals surface area contributed by atoms with Crippen molar-refractivity contribution in [2.24, 2.45) is 0 Å². The second-order valence-electron chi connectivity index (χ2n) is 16.3. The lowest BCUT2D eigenvalue weighted by Gasteiger charge is -2.19. The molecule has 0 amide bonds. The number of allylic oxidation sites excluding steroid dienone is 4. The lowest BCUT2D eigenvalue weighted by molar-refractivity contribution is 1.05. The van der Waals surface area contributed by atoms with Crippen molar-refractivity contribution in [3.8, 4) is 50.2 Å². The molecule has 0 saturated heterocycles. The van der Waals surface area contributed by atoms with Gasteiger partial charge in [-0.05, 0) is 149 Å². The molecule has 9 rings (SSSR count). The molecule has 1 aromatic heterocycles. The molecule has 0 atom stereocenters. The van der Waals surface area contributed by atoms with Gasteiger partial charge in [-0.1, -0.05) is 126 Å². The lowest BCUT2D eigenvalue weighted by atomic mass is 9.68. The molecule has 1 aliphatic carbocycles. The molecule has 0 fully saturated rings. The van der Waals surface area contributed by atoms with Crippen molar-refractivity contribution in [2.75, 3.05) is 0 Å². The Morgan fingerprint density at radius 3 is 1.96 bits per heavy atom. The Morgan fingerprint density at radius 2 is 1.21 bits per heavy atom. The fraction of sp³-hybridized carbons (Fsp3) is 0.115. The number of aryl methyl sites for hydroxylation is 3. The predicted octanol–water partition coefficient (Wildman–Crippen LogP) is 7.45. The van der Waals surface area contributed by atoms with Crippen LogP contribution < -0.4 is 21.9 Å². The van der Waals surface area contributed by atoms with Gasteiger partial charge in [0, 0.05) is 22.0 Å². The maximum absolute atomic E-state index is 2.56. The van der Waals surface area contributed by atoms with Crippen LogP contribution in [0.2, 0.25) is 0 Å². The van der Waals surface area contributed by atoms with E-state index in [1.54, 1.807) is 0 Å². The number of aromatic nitrogens is 1. The zero-order chi connectivity index (χ0) is 39.5. The highest BCUT2D eigenvalue weighted by Crippen LogP contribution is 2.41. The summed E-state index contributed by atoms with van der Waals surface area (Å²) in [6, 6.07) is 45.4. The Kier molecular flexibility index (Phi) is 9.36. The van der Waals surface area contributed by atoms with Crippen molar-refractivity contribution in [1.29, 1.82) is 0 Å². The molecule has 7 aromatic carbocycles. The van der Waals surface area contributed by atoms with E-state index in [0.717, 1.165) is 12.8 Å². The minimum Gasteiger partial charge on any atom is -0.310 e. The van der Waals surface area contributed by atoms with E-state index in [-0.39, 0.29) is 0 Å². The highest BCUT2D eigenvalue weighted by molar-refractivity contribution is 6.62. The van der Waals surface area contributed by atoms with Crippen LogP contribution in [0, 0.1) is 27.7 Å². The number of rotatable bonds is 6. The van der Waals surface area contributed by atoms with Crippen LogP contribution in [0.15, 0.2) is 140 Å². The largest absolute Gasteiger partial charge is 0.310 e. The lowest BCUT2D eigenvalue weighted by Crippen LogP contribution is -2.41. The number of hydrogen-bond acceptors (Lipinski definition) is 0. The number of benzene rings is 7. The summed E-state index contributed by atoms with van der Waals surface area (Å²) >= 11 is 0. The van der Waals surface area contributed by atoms with Gasteiger partial charge in [0.25, 0.3) is 0 Å². The molecule has 0 bridgehead atoms. The van der Waals surface area contributed by atoms with E-state index < -0.39 is 0 Å². The number of hydrogen-bond donors (Lipinski definition) is 0. The highest BCUT2D eigenvalue weighted by Gasteiger charge is 2.23. The maximum Gasteiger partial charge on any atom is 0.142 e. The standard InChI is InChI=1S/C52H47B4N/c1-30-21-22-39(28-42(30)45-31(2)13-11-20-41(45)36-16-9-6-10-17-36)43-29-44-46-49(55)50(56)47(53)33(4)51(46)57(52(44)48(54)32(43)3)40-25-23-35(24-26-40)38-19-12-18-37(27-38)34-14-7-5-8-15-34/h5-7,9-14,16-29H,8,15,53-56H2,1-4H3. The fourth-order valence-electron chi connectivity index (χ4n) is 9.44. The number of nitrogens with zero attached hydrogens (tertiary/aromatic N) is 1. The first-order chi connectivity index (χ1) is 27.6. The van der Waals surface area contributed by atoms with Gasteiger partial charge in [0.05, 0.1) is 5.52 Å². The zero-order valence-corrected chi connectivity index (χ0v) is 34.6. The molecule has 0 spiro atoms. The Morgan fingerprint density at radius 1 is 0.491 bits per heavy atom. The third-order valence-electron chi connectivity index (χ3n) is 13.1. The van der Waals surface area contributed by atoms with Crippen molar-refractivity contribution < 1.29 is 0 Å². The molecule has 1 aliphatic rings. The molecule has 0 radical (unpaired) electrons. The topological polar surface area (TPSA) is 4.93 Å². The van der Waals surface area contributed by atoms with Gasteiger partial charge in [-0.25, -0.2) is 0 Å². The molecular formula is C52H47B4N. The molecule has 272 valence electrons. The van der Waals surface area contributed by atoms with Gasteiger partial charge in [-0.15, -0.1) is 5.46 Å². The van der Waals surface area contributed by atoms with Crippen molar-refractivity contribution in [3.63, 3.8) is 0 Å². The van der Waals surface area contributed by atoms with E-state index in [2.05, 4.69) is 203 Å². The highest BCUT2D eigenvalue weighted by atomic mass is 15.0. The van der Waals surface area contributed by atoms with E-state index in [4.69, 9.17) is 0 Å². The summed E-state index contributed by atoms with van der Waals surface area (Å²) in [4.78, 5) is 0. The Hall–Kier alpha value is -5.92. The quantitative estimate of drug-likeness (QED) is 0.157. The molecule has 1 nitrogen and oxygen atoms in total. The summed E-state index contributed by atoms with van der Waals surface area (Å²) in [6.07, 6.45) is 8.91. The molecule has 8 aromatic rings. The van der Waals surface area contributed by atoms with Crippen LogP contribution in [0.25, 0.3) is 77.6 Å². The minimum atomic E-state index is 1.10. The normalized spacial score (nSPS) is 12.7. The summed E-state index contributed by atoms with van der Waals surface area (Å²) in [6.45, 7) is 9.13. The van der Waals surface area contributed by atoms with Crippen LogP contribution in [-0.4, -0.2) is 36.0 Å². The Bertz CT molecular complexity index is 2970. The van der Waals surface area contributed by atoms with Gasteiger partial charge in [0.15, 0.2) is 0 Å². The SMILES string of the molecule is Bc1c(B)c(C)c2c(c1B)c1cc(-c3ccc(C)c(-c4c(C)cccc4-c4ccccc4)c3)c(C)c(B)c1n2-c1ccc(-c2cccc(C3=CC=CCC3)c2)cc1. The molecule has 0 unspecified atom stereocenters. The second-order valence-corrected chi connectivity index (χ2v) is 16.3. The summed E-state index contributed by atoms with van der Waals surface area (Å²) in [5, 5.41) is 2.68. The minimum absolute atomic E-state index is 1.10. The third kappa shape index (κ3) is 6.16. The first-order valence-corrected chi connectivity index (χ1v) is 20.5. The second kappa shape index (κ2) is 14.5. The average molecular weight is 729 g/mol. The molecule has 0 saturated carbocycles. The smallest absolute Gasteiger partial charge is 0.142 e. The summed E-state index contributed by atoms with van der Waals surface area (Å²) in [5.74, 6) is 0. The third-order valence-corrected chi connectivity index (χ3v) is 13.1. The summed E-state index contributed by atoms with van der Waals surface area (Å²) in [5.41, 5.74) is 27.4. The van der Waals surface area contributed by atoms with Gasteiger partial charge < -0.3 is 4.57 Å². The van der Waals surface area contributed by atoms with Crippen LogP contribution in [0.4, 0.5) is 0 Å². The van der Waals surface area contributed by atoms with Crippen molar-refractivity contribution in [1.82, 2.24) is 4.57 Å². The molecule has 0 aliphatic heterocycles. The van der Waals surface area contributed by atoms with Gasteiger partial charge in [0.2, 0.25) is 0 Å². The molecule has 1 heterocycles. The van der Waals surface area contributed by atoms with Gasteiger partial charge in [-0.2, -0.15) is 0 Å². The van der Waals surface area contributed by atoms with E-state index in [0.29, 0.717) is 0 Å². The van der Waals surface area contributed by atoms with Crippen LogP contribution >= 0.6 is 0 Å². The van der Waals surface area contributed by atoms with Gasteiger partial charge in [-0.3, -0.25) is 0 Å². The Balaban J connectivity index is 1.23. The van der Waals surface area contributed by atoms with Crippen molar-refractivity contribution in [2.45, 2.75) is 40.5 Å². The van der Waals surface area contributed by atoms with Gasteiger partial charge >= 0.3 is 0 Å². The first kappa shape index (κ1) is 36.7. The van der Waals surface area contributed by atoms with E-state index in [1.807, 2.05) is 0 Å². The molecule has 5 heteroatoms. The molecule has 57 heavy (non-hydrogen) atoms. The predicted molar refractivity (Wildman–Crippen MR) is 261 cm³/mol. The van der Waals surface area contributed by atoms with Crippen molar-refractivity contribution >= 4 is 80.6 Å². The average Bonchev–Trinajstić information content (AvgIpc) is 3.60. The zero-order valence-electron chi connectivity index (χ0n) is 34.6. The van der Waals surface area contributed by atoms with E-state index in [1.165, 1.54) is 127 Å². The van der Waals surface area contributed by atoms with E-state index >= 15 is 0 Å². The van der Waals surface area contributed by atoms with Crippen LogP contribution in [-0.2, 0) is 0 Å². The molecule has 0 N–H and O–H groups in total. The number of fused-ring (bicyclic) bond motifs is 3. The maximum atomic E-state index is 2.56. The summed E-state index contributed by atoms with van der Waals surface area (Å²) < 4.78 is 2.56. The van der Waals surface area contributed by atoms with Crippen molar-refractivity contribution in [3.05, 3.63) is 167 Å². The summed E-state index contributed by atoms with van der Waals surface area (Å²) in [7, 11) is 9.24. The fourth-order valence-corrected chi connectivity index (χ4v) is 9.44. The first-order valence-electron chi connectivity index (χ1n) is 20.5. The monoisotopic (exact) mass is 729 g/mol. The van der Waals surface area contributed by atoms with Crippen LogP contribution in [0.1, 0.15) is 40.7 Å². The van der Waals surface area contributed by atoms with E-state index in [9.17, 15) is 0 Å². The Labute approximate surface area is 341 Å². The van der Waals surface area contributed by atoms with Crippen LogP contribution in [0.5, 0.6) is 0 Å². The molecular weight excluding hydrogens is 682 g/mol.